The molecule has 0 N–H and O–H groups in total. The molecule has 0 saturated heterocycles. The molecule has 0 aliphatic heterocycles. The number of rotatable bonds is 1. The van der Waals surface area contributed by atoms with Crippen molar-refractivity contribution in [1.82, 2.24) is 0 Å². The summed E-state index contributed by atoms with van der Waals surface area (Å²) in [5.41, 5.74) is -3.88. The van der Waals surface area contributed by atoms with E-state index in [2.05, 4.69) is 0 Å². The molecule has 1 aromatic carbocycles. The summed E-state index contributed by atoms with van der Waals surface area (Å²) >= 11 is 0. The monoisotopic (exact) mass is 253 g/mol. The van der Waals surface area contributed by atoms with Crippen molar-refractivity contribution in [3.8, 4) is 6.07 Å². The molecule has 1 aromatic rings. The van der Waals surface area contributed by atoms with Gasteiger partial charge in [0, 0.05) is 0 Å². The minimum absolute atomic E-state index is 0.530. The Bertz CT molecular complexity index is 419. The first-order valence-electron chi connectivity index (χ1n) is 4.31. The molecule has 0 aliphatic rings. The van der Waals surface area contributed by atoms with Gasteiger partial charge in [-0.15, -0.1) is 0 Å². The Labute approximate surface area is 92.3 Å². The van der Waals surface area contributed by atoms with Gasteiger partial charge in [-0.05, 0) is 17.7 Å². The Morgan fingerprint density at radius 2 is 1.35 bits per heavy atom. The van der Waals surface area contributed by atoms with E-state index in [4.69, 9.17) is 5.26 Å². The number of hydrogen-bond acceptors (Lipinski definition) is 1. The molecule has 0 radical (unpaired) electrons. The van der Waals surface area contributed by atoms with E-state index in [-0.39, 0.29) is 0 Å². The molecular weight excluding hydrogens is 248 g/mol. The zero-order valence-corrected chi connectivity index (χ0v) is 8.15. The fraction of sp³-hybridized carbons (Fsp3) is 0.300. The van der Waals surface area contributed by atoms with Crippen molar-refractivity contribution in [3.05, 3.63) is 34.9 Å². The molecule has 0 atom stereocenters. The standard InChI is InChI=1S/C10H5F6N/c11-9(12,13)7-2-1-3-8(10(14,15)16)6(7)4-5-17/h1-3H,4H2. The van der Waals surface area contributed by atoms with E-state index < -0.39 is 35.5 Å². The summed E-state index contributed by atoms with van der Waals surface area (Å²) in [6.45, 7) is 0. The maximum absolute atomic E-state index is 12.5. The van der Waals surface area contributed by atoms with Gasteiger partial charge in [-0.2, -0.15) is 31.6 Å². The predicted molar refractivity (Wildman–Crippen MR) is 45.8 cm³/mol. The number of benzene rings is 1. The zero-order valence-electron chi connectivity index (χ0n) is 8.15. The van der Waals surface area contributed by atoms with E-state index in [1.54, 1.807) is 0 Å². The second-order valence-corrected chi connectivity index (χ2v) is 3.16. The SMILES string of the molecule is N#CCc1c(C(F)(F)F)cccc1C(F)(F)F. The van der Waals surface area contributed by atoms with Crippen molar-refractivity contribution in [2.24, 2.45) is 0 Å². The van der Waals surface area contributed by atoms with Crippen LogP contribution in [0.25, 0.3) is 0 Å². The number of halogens is 6. The molecule has 1 nitrogen and oxygen atoms in total. The van der Waals surface area contributed by atoms with Crippen LogP contribution in [0.4, 0.5) is 26.3 Å². The summed E-state index contributed by atoms with van der Waals surface area (Å²) in [5, 5.41) is 8.32. The smallest absolute Gasteiger partial charge is 0.198 e. The lowest BCUT2D eigenvalue weighted by Crippen LogP contribution is -2.16. The Morgan fingerprint density at radius 3 is 1.65 bits per heavy atom. The van der Waals surface area contributed by atoms with Crippen molar-refractivity contribution in [1.29, 1.82) is 5.26 Å². The van der Waals surface area contributed by atoms with Gasteiger partial charge >= 0.3 is 12.4 Å². The van der Waals surface area contributed by atoms with Gasteiger partial charge in [0.15, 0.2) is 0 Å². The van der Waals surface area contributed by atoms with Gasteiger partial charge in [0.1, 0.15) is 0 Å². The Kier molecular flexibility index (Phi) is 3.36. The number of nitriles is 1. The van der Waals surface area contributed by atoms with E-state index in [0.29, 0.717) is 18.2 Å². The van der Waals surface area contributed by atoms with Crippen LogP contribution in [0.3, 0.4) is 0 Å². The van der Waals surface area contributed by atoms with Crippen LogP contribution >= 0.6 is 0 Å². The van der Waals surface area contributed by atoms with Gasteiger partial charge < -0.3 is 0 Å². The average molecular weight is 253 g/mol. The molecule has 17 heavy (non-hydrogen) atoms. The van der Waals surface area contributed by atoms with E-state index in [9.17, 15) is 26.3 Å². The van der Waals surface area contributed by atoms with Gasteiger partial charge in [0.25, 0.3) is 0 Å². The van der Waals surface area contributed by atoms with E-state index in [1.165, 1.54) is 6.07 Å². The third-order valence-corrected chi connectivity index (χ3v) is 2.04. The van der Waals surface area contributed by atoms with Gasteiger partial charge in [-0.25, -0.2) is 0 Å². The fourth-order valence-corrected chi connectivity index (χ4v) is 1.39. The predicted octanol–water partition coefficient (Wildman–Crippen LogP) is 3.79. The highest BCUT2D eigenvalue weighted by atomic mass is 19.4. The van der Waals surface area contributed by atoms with Crippen LogP contribution in [0, 0.1) is 11.3 Å². The second kappa shape index (κ2) is 4.28. The molecule has 0 unspecified atom stereocenters. The van der Waals surface area contributed by atoms with Gasteiger partial charge in [-0.1, -0.05) is 6.07 Å². The summed E-state index contributed by atoms with van der Waals surface area (Å²) in [4.78, 5) is 0. The molecule has 0 aliphatic carbocycles. The highest BCUT2D eigenvalue weighted by Gasteiger charge is 2.40. The molecule has 0 heterocycles. The lowest BCUT2D eigenvalue weighted by atomic mass is 9.98. The second-order valence-electron chi connectivity index (χ2n) is 3.16. The minimum Gasteiger partial charge on any atom is -0.198 e. The highest BCUT2D eigenvalue weighted by Crippen LogP contribution is 2.39. The van der Waals surface area contributed by atoms with Crippen molar-refractivity contribution in [2.45, 2.75) is 18.8 Å². The van der Waals surface area contributed by atoms with Crippen LogP contribution in [0.5, 0.6) is 0 Å². The van der Waals surface area contributed by atoms with E-state index >= 15 is 0 Å². The lowest BCUT2D eigenvalue weighted by molar-refractivity contribution is -0.144. The van der Waals surface area contributed by atoms with Gasteiger partial charge in [0.2, 0.25) is 0 Å². The Balaban J connectivity index is 3.50. The molecular formula is C10H5F6N. The third-order valence-electron chi connectivity index (χ3n) is 2.04. The molecule has 0 saturated carbocycles. The quantitative estimate of drug-likeness (QED) is 0.698. The molecule has 0 spiro atoms. The molecule has 1 rings (SSSR count). The Morgan fingerprint density at radius 1 is 0.941 bits per heavy atom. The van der Waals surface area contributed by atoms with E-state index in [1.807, 2.05) is 0 Å². The van der Waals surface area contributed by atoms with Gasteiger partial charge in [-0.3, -0.25) is 0 Å². The summed E-state index contributed by atoms with van der Waals surface area (Å²) in [7, 11) is 0. The Hall–Kier alpha value is -1.71. The van der Waals surface area contributed by atoms with Crippen LogP contribution < -0.4 is 0 Å². The number of nitrogens with zero attached hydrogens (tertiary/aromatic N) is 1. The topological polar surface area (TPSA) is 23.8 Å². The first-order chi connectivity index (χ1) is 7.68. The van der Waals surface area contributed by atoms with Crippen molar-refractivity contribution >= 4 is 0 Å². The van der Waals surface area contributed by atoms with Crippen LogP contribution in [0.15, 0.2) is 18.2 Å². The third kappa shape index (κ3) is 2.90. The molecule has 7 heteroatoms. The first kappa shape index (κ1) is 13.4. The summed E-state index contributed by atoms with van der Waals surface area (Å²) in [5.74, 6) is 0. The average Bonchev–Trinajstić information content (AvgIpc) is 2.15. The fourth-order valence-electron chi connectivity index (χ4n) is 1.39. The highest BCUT2D eigenvalue weighted by molar-refractivity contribution is 5.40. The maximum Gasteiger partial charge on any atom is 0.416 e. The first-order valence-corrected chi connectivity index (χ1v) is 4.31. The molecule has 0 aromatic heterocycles. The molecule has 0 amide bonds. The van der Waals surface area contributed by atoms with Gasteiger partial charge in [0.05, 0.1) is 23.6 Å². The zero-order chi connectivity index (χ0) is 13.3. The summed E-state index contributed by atoms with van der Waals surface area (Å²) in [6.07, 6.45) is -10.8. The van der Waals surface area contributed by atoms with Crippen LogP contribution in [-0.2, 0) is 18.8 Å². The van der Waals surface area contributed by atoms with Crippen LogP contribution in [0.2, 0.25) is 0 Å². The minimum atomic E-state index is -4.91. The lowest BCUT2D eigenvalue weighted by Gasteiger charge is -2.16. The summed E-state index contributed by atoms with van der Waals surface area (Å²) in [6, 6.07) is 3.04. The largest absolute Gasteiger partial charge is 0.416 e. The van der Waals surface area contributed by atoms with E-state index in [0.717, 1.165) is 0 Å². The number of alkyl halides is 6. The molecule has 92 valence electrons. The maximum atomic E-state index is 12.5. The number of hydrogen-bond donors (Lipinski definition) is 0. The molecule has 0 fully saturated rings. The van der Waals surface area contributed by atoms with Crippen LogP contribution in [-0.4, -0.2) is 0 Å². The van der Waals surface area contributed by atoms with Crippen LogP contribution in [0.1, 0.15) is 16.7 Å². The molecule has 0 bridgehead atoms. The van der Waals surface area contributed by atoms with Crippen molar-refractivity contribution in [3.63, 3.8) is 0 Å². The van der Waals surface area contributed by atoms with Crippen molar-refractivity contribution < 1.29 is 26.3 Å². The normalized spacial score (nSPS) is 12.3. The summed E-state index contributed by atoms with van der Waals surface area (Å²) < 4.78 is 74.8. The van der Waals surface area contributed by atoms with Crippen molar-refractivity contribution in [2.75, 3.05) is 0 Å².